The van der Waals surface area contributed by atoms with Gasteiger partial charge in [-0.3, -0.25) is 4.90 Å². The van der Waals surface area contributed by atoms with Gasteiger partial charge in [-0.05, 0) is 55.9 Å². The lowest BCUT2D eigenvalue weighted by atomic mass is 9.72. The van der Waals surface area contributed by atoms with Crippen molar-refractivity contribution < 1.29 is 0 Å². The van der Waals surface area contributed by atoms with E-state index in [0.29, 0.717) is 11.5 Å². The Morgan fingerprint density at radius 2 is 1.73 bits per heavy atom. The first-order chi connectivity index (χ1) is 14.5. The third-order valence-corrected chi connectivity index (χ3v) is 7.64. The quantitative estimate of drug-likeness (QED) is 0.435. The van der Waals surface area contributed by atoms with E-state index in [1.165, 1.54) is 39.6 Å². The minimum atomic E-state index is 0.308. The molecule has 0 fully saturated rings. The molecule has 0 radical (unpaired) electrons. The molecule has 4 rings (SSSR count). The molecule has 0 saturated heterocycles. The van der Waals surface area contributed by atoms with Crippen LogP contribution in [0.3, 0.4) is 0 Å². The third-order valence-electron chi connectivity index (χ3n) is 6.51. The molecule has 3 heteroatoms. The predicted molar refractivity (Wildman–Crippen MR) is 131 cm³/mol. The van der Waals surface area contributed by atoms with Crippen LogP contribution < -0.4 is 4.90 Å². The van der Waals surface area contributed by atoms with E-state index < -0.39 is 0 Å². The first kappa shape index (κ1) is 21.3. The van der Waals surface area contributed by atoms with Crippen molar-refractivity contribution in [2.45, 2.75) is 55.9 Å². The van der Waals surface area contributed by atoms with Gasteiger partial charge in [0.15, 0.2) is 0 Å². The van der Waals surface area contributed by atoms with E-state index >= 15 is 0 Å². The zero-order chi connectivity index (χ0) is 21.1. The van der Waals surface area contributed by atoms with Crippen LogP contribution in [0.5, 0.6) is 0 Å². The summed E-state index contributed by atoms with van der Waals surface area (Å²) in [5.41, 5.74) is 4.51. The van der Waals surface area contributed by atoms with Crippen molar-refractivity contribution in [3.8, 4) is 0 Å². The molecule has 30 heavy (non-hydrogen) atoms. The van der Waals surface area contributed by atoms with Crippen LogP contribution in [-0.4, -0.2) is 30.6 Å². The molecule has 1 atom stereocenters. The lowest BCUT2D eigenvalue weighted by Crippen LogP contribution is -2.48. The van der Waals surface area contributed by atoms with Gasteiger partial charge in [0.05, 0.1) is 11.4 Å². The molecule has 0 bridgehead atoms. The lowest BCUT2D eigenvalue weighted by molar-refractivity contribution is 0.109. The van der Waals surface area contributed by atoms with Gasteiger partial charge in [0.2, 0.25) is 0 Å². The van der Waals surface area contributed by atoms with Crippen molar-refractivity contribution in [2.75, 3.05) is 24.5 Å². The Kier molecular flexibility index (Phi) is 6.40. The molecule has 0 N–H and O–H groups in total. The van der Waals surface area contributed by atoms with Crippen LogP contribution in [0.25, 0.3) is 0 Å². The minimum absolute atomic E-state index is 0.308. The summed E-state index contributed by atoms with van der Waals surface area (Å²) < 4.78 is 0. The van der Waals surface area contributed by atoms with E-state index in [9.17, 15) is 0 Å². The van der Waals surface area contributed by atoms with Gasteiger partial charge >= 0.3 is 0 Å². The van der Waals surface area contributed by atoms with Gasteiger partial charge in [0, 0.05) is 35.5 Å². The molecule has 1 unspecified atom stereocenters. The van der Waals surface area contributed by atoms with Crippen molar-refractivity contribution >= 4 is 23.1 Å². The molecule has 1 aliphatic heterocycles. The van der Waals surface area contributed by atoms with Crippen LogP contribution >= 0.6 is 11.8 Å². The molecule has 2 aliphatic rings. The van der Waals surface area contributed by atoms with E-state index in [0.717, 1.165) is 26.1 Å². The summed E-state index contributed by atoms with van der Waals surface area (Å²) >= 11 is 1.88. The van der Waals surface area contributed by atoms with Crippen molar-refractivity contribution in [1.29, 1.82) is 0 Å². The molecular formula is C27H34N2S. The number of nitrogens with zero attached hydrogens (tertiary/aromatic N) is 2. The van der Waals surface area contributed by atoms with Crippen molar-refractivity contribution in [3.05, 3.63) is 72.8 Å². The van der Waals surface area contributed by atoms with Crippen molar-refractivity contribution in [2.24, 2.45) is 5.41 Å². The Labute approximate surface area is 186 Å². The molecule has 1 heterocycles. The molecule has 2 nitrogen and oxygen atoms in total. The maximum absolute atomic E-state index is 4.05. The van der Waals surface area contributed by atoms with Crippen molar-refractivity contribution in [1.82, 2.24) is 4.90 Å². The summed E-state index contributed by atoms with van der Waals surface area (Å²) in [4.78, 5) is 7.87. The zero-order valence-electron chi connectivity index (χ0n) is 18.6. The van der Waals surface area contributed by atoms with Gasteiger partial charge in [-0.1, -0.05) is 67.6 Å². The second-order valence-corrected chi connectivity index (χ2v) is 10.3. The van der Waals surface area contributed by atoms with Gasteiger partial charge in [-0.15, -0.1) is 6.58 Å². The number of hydrogen-bond acceptors (Lipinski definition) is 3. The van der Waals surface area contributed by atoms with Crippen LogP contribution in [0, 0.1) is 5.41 Å². The number of hydrogen-bond donors (Lipinski definition) is 0. The molecule has 0 saturated carbocycles. The maximum atomic E-state index is 4.05. The van der Waals surface area contributed by atoms with Gasteiger partial charge in [0.25, 0.3) is 0 Å². The normalized spacial score (nSPS) is 19.8. The Morgan fingerprint density at radius 1 is 1.10 bits per heavy atom. The number of allylic oxidation sites excluding steroid dienone is 1. The van der Waals surface area contributed by atoms with E-state index in [1.54, 1.807) is 0 Å². The molecule has 0 spiro atoms. The first-order valence-corrected chi connectivity index (χ1v) is 12.0. The van der Waals surface area contributed by atoms with Crippen LogP contribution in [-0.2, 0) is 0 Å². The molecule has 1 aliphatic carbocycles. The highest BCUT2D eigenvalue weighted by Gasteiger charge is 2.36. The summed E-state index contributed by atoms with van der Waals surface area (Å²) in [5.74, 6) is 0. The second-order valence-electron chi connectivity index (χ2n) is 9.20. The Balaban J connectivity index is 1.52. The standard InChI is InChI=1S/C27H34N2S/c1-5-18-28(26-21(2)12-10-17-27(26,3)4)19-11-20-29-22-13-6-8-15-24(22)30-25-16-9-7-14-23(25)29/h5-9,12-16,26H,1,10-11,17-20H2,2-4H3. The summed E-state index contributed by atoms with van der Waals surface area (Å²) in [6, 6.07) is 18.1. The van der Waals surface area contributed by atoms with Gasteiger partial charge in [-0.25, -0.2) is 0 Å². The van der Waals surface area contributed by atoms with E-state index in [-0.39, 0.29) is 0 Å². The average Bonchev–Trinajstić information content (AvgIpc) is 2.72. The Hall–Kier alpha value is -1.97. The Bertz CT molecular complexity index is 884. The summed E-state index contributed by atoms with van der Waals surface area (Å²) in [7, 11) is 0. The average molecular weight is 419 g/mol. The van der Waals surface area contributed by atoms with Crippen molar-refractivity contribution in [3.63, 3.8) is 0 Å². The fraction of sp³-hybridized carbons (Fsp3) is 0.407. The fourth-order valence-electron chi connectivity index (χ4n) is 5.26. The minimum Gasteiger partial charge on any atom is -0.340 e. The molecular weight excluding hydrogens is 384 g/mol. The first-order valence-electron chi connectivity index (χ1n) is 11.2. The molecule has 2 aromatic rings. The lowest BCUT2D eigenvalue weighted by Gasteiger charge is -2.45. The topological polar surface area (TPSA) is 6.48 Å². The largest absolute Gasteiger partial charge is 0.340 e. The number of fused-ring (bicyclic) bond motifs is 2. The molecule has 0 amide bonds. The number of para-hydroxylation sites is 2. The number of benzene rings is 2. The second kappa shape index (κ2) is 9.03. The van der Waals surface area contributed by atoms with Crippen LogP contribution in [0.1, 0.15) is 40.0 Å². The fourth-order valence-corrected chi connectivity index (χ4v) is 6.36. The summed E-state index contributed by atoms with van der Waals surface area (Å²) in [6.07, 6.45) is 8.10. The molecule has 2 aromatic carbocycles. The maximum Gasteiger partial charge on any atom is 0.0552 e. The van der Waals surface area contributed by atoms with Gasteiger partial charge in [-0.2, -0.15) is 0 Å². The highest BCUT2D eigenvalue weighted by Crippen LogP contribution is 2.48. The molecule has 158 valence electrons. The monoisotopic (exact) mass is 418 g/mol. The Morgan fingerprint density at radius 3 is 2.33 bits per heavy atom. The van der Waals surface area contributed by atoms with Gasteiger partial charge in [0.1, 0.15) is 0 Å². The SMILES string of the molecule is C=CCN(CCCN1c2ccccc2Sc2ccccc21)C1C(C)=CCCC1(C)C. The van der Waals surface area contributed by atoms with E-state index in [1.807, 2.05) is 11.8 Å². The van der Waals surface area contributed by atoms with E-state index in [2.05, 4.69) is 97.8 Å². The summed E-state index contributed by atoms with van der Waals surface area (Å²) in [6.45, 7) is 14.3. The number of rotatable bonds is 7. The zero-order valence-corrected chi connectivity index (χ0v) is 19.4. The number of anilines is 2. The van der Waals surface area contributed by atoms with Gasteiger partial charge < -0.3 is 4.90 Å². The highest BCUT2D eigenvalue weighted by molar-refractivity contribution is 7.99. The third kappa shape index (κ3) is 4.24. The van der Waals surface area contributed by atoms with Crippen LogP contribution in [0.4, 0.5) is 11.4 Å². The van der Waals surface area contributed by atoms with Crippen LogP contribution in [0.15, 0.2) is 82.6 Å². The highest BCUT2D eigenvalue weighted by atomic mass is 32.2. The molecule has 0 aromatic heterocycles. The summed E-state index contributed by atoms with van der Waals surface area (Å²) in [5, 5.41) is 0. The van der Waals surface area contributed by atoms with Crippen LogP contribution in [0.2, 0.25) is 0 Å². The van der Waals surface area contributed by atoms with E-state index in [4.69, 9.17) is 0 Å². The predicted octanol–water partition coefficient (Wildman–Crippen LogP) is 7.30. The smallest absolute Gasteiger partial charge is 0.0552 e.